The van der Waals surface area contributed by atoms with Gasteiger partial charge in [-0.3, -0.25) is 0 Å². The van der Waals surface area contributed by atoms with E-state index in [0.29, 0.717) is 0 Å². The molecular formula is C38H24S2. The minimum absolute atomic E-state index is 1.19. The Kier molecular flexibility index (Phi) is 4.93. The molecule has 2 heterocycles. The van der Waals surface area contributed by atoms with Crippen LogP contribution >= 0.6 is 23.1 Å². The Balaban J connectivity index is 1.33. The van der Waals surface area contributed by atoms with Crippen LogP contribution in [0.3, 0.4) is 0 Å². The molecule has 9 rings (SSSR count). The fraction of sp³-hybridized carbons (Fsp3) is 0.0526. The average Bonchev–Trinajstić information content (AvgIpc) is 3.61. The summed E-state index contributed by atoms with van der Waals surface area (Å²) in [4.78, 5) is 1.47. The highest BCUT2D eigenvalue weighted by molar-refractivity contribution is 7.99. The molecule has 0 nitrogen and oxygen atoms in total. The van der Waals surface area contributed by atoms with Crippen LogP contribution in [0.5, 0.6) is 0 Å². The maximum absolute atomic E-state index is 2.45. The van der Waals surface area contributed by atoms with Gasteiger partial charge in [-0.2, -0.15) is 0 Å². The van der Waals surface area contributed by atoms with Crippen molar-refractivity contribution >= 4 is 75.6 Å². The van der Waals surface area contributed by atoms with E-state index in [4.69, 9.17) is 0 Å². The van der Waals surface area contributed by atoms with Gasteiger partial charge in [0, 0.05) is 30.8 Å². The van der Waals surface area contributed by atoms with E-state index in [1.54, 1.807) is 0 Å². The van der Waals surface area contributed by atoms with E-state index in [-0.39, 0.29) is 0 Å². The zero-order chi connectivity index (χ0) is 26.2. The highest BCUT2D eigenvalue weighted by Gasteiger charge is 2.19. The Morgan fingerprint density at radius 2 is 1.05 bits per heavy atom. The summed E-state index contributed by atoms with van der Waals surface area (Å²) in [7, 11) is 0. The lowest BCUT2D eigenvalue weighted by Gasteiger charge is -2.18. The second-order valence-electron chi connectivity index (χ2n) is 10.8. The minimum Gasteiger partial charge on any atom is -0.135 e. The van der Waals surface area contributed by atoms with Crippen LogP contribution in [0.25, 0.3) is 74.7 Å². The number of aryl methyl sites for hydroxylation is 1. The van der Waals surface area contributed by atoms with Gasteiger partial charge in [-0.05, 0) is 90.8 Å². The maximum atomic E-state index is 2.45. The van der Waals surface area contributed by atoms with Crippen LogP contribution in [0.15, 0.2) is 126 Å². The number of thioether (sulfide) groups is 1. The summed E-state index contributed by atoms with van der Waals surface area (Å²) in [6.07, 6.45) is 1.19. The van der Waals surface area contributed by atoms with Gasteiger partial charge < -0.3 is 0 Å². The summed E-state index contributed by atoms with van der Waals surface area (Å²) in [5.41, 5.74) is 6.72. The molecule has 0 unspecified atom stereocenters. The summed E-state index contributed by atoms with van der Waals surface area (Å²) in [5.74, 6) is 1.21. The van der Waals surface area contributed by atoms with Crippen molar-refractivity contribution < 1.29 is 0 Å². The number of hydrogen-bond acceptors (Lipinski definition) is 2. The molecule has 0 aliphatic carbocycles. The molecule has 40 heavy (non-hydrogen) atoms. The molecule has 188 valence electrons. The van der Waals surface area contributed by atoms with Crippen molar-refractivity contribution in [3.05, 3.63) is 127 Å². The van der Waals surface area contributed by atoms with E-state index in [1.165, 1.54) is 97.4 Å². The second-order valence-corrected chi connectivity index (χ2v) is 13.0. The molecular weight excluding hydrogens is 521 g/mol. The Hall–Kier alpha value is -4.11. The van der Waals surface area contributed by atoms with Gasteiger partial charge in [-0.15, -0.1) is 23.1 Å². The van der Waals surface area contributed by atoms with E-state index < -0.39 is 0 Å². The summed E-state index contributed by atoms with van der Waals surface area (Å²) in [5, 5.41) is 10.6. The van der Waals surface area contributed by atoms with Crippen molar-refractivity contribution in [3.8, 4) is 22.3 Å². The molecule has 0 bridgehead atoms. The predicted molar refractivity (Wildman–Crippen MR) is 177 cm³/mol. The predicted octanol–water partition coefficient (Wildman–Crippen LogP) is 11.5. The third-order valence-electron chi connectivity index (χ3n) is 8.54. The van der Waals surface area contributed by atoms with Crippen LogP contribution in [0, 0.1) is 0 Å². The highest BCUT2D eigenvalue weighted by atomic mass is 32.2. The first-order valence-electron chi connectivity index (χ1n) is 13.9. The Bertz CT molecular complexity index is 2250. The van der Waals surface area contributed by atoms with Gasteiger partial charge in [0.2, 0.25) is 0 Å². The van der Waals surface area contributed by atoms with Crippen molar-refractivity contribution in [1.29, 1.82) is 0 Å². The molecule has 1 aromatic heterocycles. The Labute approximate surface area is 240 Å². The van der Waals surface area contributed by atoms with Crippen molar-refractivity contribution in [2.24, 2.45) is 0 Å². The highest BCUT2D eigenvalue weighted by Crippen LogP contribution is 2.46. The van der Waals surface area contributed by atoms with Gasteiger partial charge in [0.15, 0.2) is 0 Å². The van der Waals surface area contributed by atoms with Crippen molar-refractivity contribution in [3.63, 3.8) is 0 Å². The minimum atomic E-state index is 1.19. The summed E-state index contributed by atoms with van der Waals surface area (Å²) in [6.45, 7) is 0. The van der Waals surface area contributed by atoms with E-state index in [1.807, 2.05) is 23.1 Å². The molecule has 0 saturated heterocycles. The fourth-order valence-electron chi connectivity index (χ4n) is 6.70. The van der Waals surface area contributed by atoms with Gasteiger partial charge in [0.25, 0.3) is 0 Å². The number of benzene rings is 7. The van der Waals surface area contributed by atoms with Crippen molar-refractivity contribution in [2.45, 2.75) is 11.3 Å². The fourth-order valence-corrected chi connectivity index (χ4v) is 9.03. The third-order valence-corrected chi connectivity index (χ3v) is 10.8. The summed E-state index contributed by atoms with van der Waals surface area (Å²) in [6, 6.07) is 45.5. The van der Waals surface area contributed by atoms with E-state index >= 15 is 0 Å². The van der Waals surface area contributed by atoms with Gasteiger partial charge in [0.1, 0.15) is 0 Å². The zero-order valence-electron chi connectivity index (χ0n) is 21.8. The topological polar surface area (TPSA) is 0 Å². The number of thiophene rings is 1. The van der Waals surface area contributed by atoms with E-state index in [2.05, 4.69) is 121 Å². The SMILES string of the molecule is c1ccc2cc(-c3c4ccccc4c(-c4ccc5c(c4)sc4cc6c(cc45)CCS6)c4ccccc34)ccc2c1. The molecule has 0 amide bonds. The molecule has 7 aromatic carbocycles. The smallest absolute Gasteiger partial charge is 0.0366 e. The van der Waals surface area contributed by atoms with Crippen molar-refractivity contribution in [2.75, 3.05) is 5.75 Å². The normalized spacial score (nSPS) is 13.2. The molecule has 1 aliphatic rings. The molecule has 0 radical (unpaired) electrons. The van der Waals surface area contributed by atoms with Gasteiger partial charge in [-0.1, -0.05) is 97.1 Å². The molecule has 8 aromatic rings. The number of hydrogen-bond donors (Lipinski definition) is 0. The zero-order valence-corrected chi connectivity index (χ0v) is 23.4. The van der Waals surface area contributed by atoms with Crippen LogP contribution in [0.4, 0.5) is 0 Å². The third kappa shape index (κ3) is 3.33. The lowest BCUT2D eigenvalue weighted by atomic mass is 9.85. The van der Waals surface area contributed by atoms with E-state index in [9.17, 15) is 0 Å². The Morgan fingerprint density at radius 1 is 0.450 bits per heavy atom. The first-order valence-corrected chi connectivity index (χ1v) is 15.7. The van der Waals surface area contributed by atoms with Crippen molar-refractivity contribution in [1.82, 2.24) is 0 Å². The summed E-state index contributed by atoms with van der Waals surface area (Å²) < 4.78 is 2.77. The lowest BCUT2D eigenvalue weighted by molar-refractivity contribution is 1.16. The molecule has 2 heteroatoms. The van der Waals surface area contributed by atoms with Crippen LogP contribution in [0.2, 0.25) is 0 Å². The molecule has 0 spiro atoms. The standard InChI is InChI=1S/C38H24S2/c1-2-8-24-19-26(14-13-23(24)7-1)37-29-9-3-5-11-31(29)38(32-12-6-4-10-30(32)37)27-15-16-28-33-20-25-17-18-39-34(25)22-36(33)40-35(28)21-27/h1-16,19-22H,17-18H2. The maximum Gasteiger partial charge on any atom is 0.0366 e. The number of rotatable bonds is 2. The molecule has 1 aliphatic heterocycles. The average molecular weight is 545 g/mol. The molecule has 0 N–H and O–H groups in total. The van der Waals surface area contributed by atoms with Crippen LogP contribution < -0.4 is 0 Å². The van der Waals surface area contributed by atoms with Crippen LogP contribution in [-0.4, -0.2) is 5.75 Å². The molecule has 0 fully saturated rings. The van der Waals surface area contributed by atoms with Gasteiger partial charge in [0.05, 0.1) is 0 Å². The molecule has 0 saturated carbocycles. The number of fused-ring (bicyclic) bond motifs is 7. The molecule has 0 atom stereocenters. The lowest BCUT2D eigenvalue weighted by Crippen LogP contribution is -1.90. The first kappa shape index (κ1) is 22.7. The first-order chi connectivity index (χ1) is 19.8. The Morgan fingerprint density at radius 3 is 1.77 bits per heavy atom. The second kappa shape index (κ2) is 8.69. The summed E-state index contributed by atoms with van der Waals surface area (Å²) >= 11 is 3.94. The van der Waals surface area contributed by atoms with Crippen LogP contribution in [0.1, 0.15) is 5.56 Å². The van der Waals surface area contributed by atoms with Crippen LogP contribution in [-0.2, 0) is 6.42 Å². The largest absolute Gasteiger partial charge is 0.135 e. The van der Waals surface area contributed by atoms with Gasteiger partial charge >= 0.3 is 0 Å². The van der Waals surface area contributed by atoms with E-state index in [0.717, 1.165) is 0 Å². The quantitative estimate of drug-likeness (QED) is 0.195. The van der Waals surface area contributed by atoms with Gasteiger partial charge in [-0.25, -0.2) is 0 Å². The monoisotopic (exact) mass is 544 g/mol.